The van der Waals surface area contributed by atoms with Crippen LogP contribution in [0.2, 0.25) is 0 Å². The Balaban J connectivity index is 1.67. The molecule has 0 radical (unpaired) electrons. The Morgan fingerprint density at radius 2 is 1.81 bits per heavy atom. The Morgan fingerprint density at radius 1 is 1.04 bits per heavy atom. The first-order valence-corrected chi connectivity index (χ1v) is 9.79. The Kier molecular flexibility index (Phi) is 5.52. The first kappa shape index (κ1) is 18.6. The number of nitrogens with one attached hydrogen (secondary N) is 2. The molecule has 0 spiro atoms. The minimum absolute atomic E-state index is 0.0906. The Labute approximate surface area is 158 Å². The molecule has 2 aromatic carbocycles. The number of nitrogens with zero attached hydrogens (tertiary/aromatic N) is 1. The summed E-state index contributed by atoms with van der Waals surface area (Å²) in [7, 11) is -3.72. The molecule has 3 rings (SSSR count). The summed E-state index contributed by atoms with van der Waals surface area (Å²) in [5.74, 6) is -0.283. The van der Waals surface area contributed by atoms with Crippen LogP contribution in [0.1, 0.15) is 21.5 Å². The van der Waals surface area contributed by atoms with E-state index in [1.807, 2.05) is 19.1 Å². The molecular weight excluding hydrogens is 362 g/mol. The molecule has 27 heavy (non-hydrogen) atoms. The summed E-state index contributed by atoms with van der Waals surface area (Å²) in [4.78, 5) is 16.3. The van der Waals surface area contributed by atoms with Crippen LogP contribution in [-0.2, 0) is 16.6 Å². The van der Waals surface area contributed by atoms with Gasteiger partial charge >= 0.3 is 0 Å². The number of carbonyl (C=O) groups is 1. The third-order valence-corrected chi connectivity index (χ3v) is 5.27. The van der Waals surface area contributed by atoms with Crippen molar-refractivity contribution in [2.75, 3.05) is 4.72 Å². The van der Waals surface area contributed by atoms with Crippen molar-refractivity contribution >= 4 is 21.6 Å². The van der Waals surface area contributed by atoms with Crippen LogP contribution >= 0.6 is 0 Å². The van der Waals surface area contributed by atoms with Crippen molar-refractivity contribution in [2.24, 2.45) is 0 Å². The smallest absolute Gasteiger partial charge is 0.261 e. The lowest BCUT2D eigenvalue weighted by Gasteiger charge is -2.10. The summed E-state index contributed by atoms with van der Waals surface area (Å²) >= 11 is 0. The number of hydrogen-bond acceptors (Lipinski definition) is 4. The molecular formula is C20H19N3O3S. The van der Waals surface area contributed by atoms with E-state index in [1.165, 1.54) is 24.3 Å². The second-order valence-corrected chi connectivity index (χ2v) is 7.73. The van der Waals surface area contributed by atoms with Crippen molar-refractivity contribution in [2.45, 2.75) is 18.4 Å². The second kappa shape index (κ2) is 8.01. The molecule has 0 fully saturated rings. The molecule has 0 atom stereocenters. The first-order valence-electron chi connectivity index (χ1n) is 8.31. The molecule has 0 saturated carbocycles. The van der Waals surface area contributed by atoms with E-state index in [2.05, 4.69) is 15.0 Å². The van der Waals surface area contributed by atoms with Crippen LogP contribution in [0.15, 0.2) is 78.0 Å². The van der Waals surface area contributed by atoms with E-state index < -0.39 is 10.0 Å². The molecule has 7 heteroatoms. The zero-order valence-electron chi connectivity index (χ0n) is 14.7. The minimum Gasteiger partial charge on any atom is -0.348 e. The monoisotopic (exact) mass is 381 g/mol. The van der Waals surface area contributed by atoms with E-state index in [4.69, 9.17) is 0 Å². The molecule has 0 bridgehead atoms. The molecule has 1 aromatic heterocycles. The predicted molar refractivity (Wildman–Crippen MR) is 104 cm³/mol. The van der Waals surface area contributed by atoms with Gasteiger partial charge in [0, 0.05) is 30.2 Å². The summed E-state index contributed by atoms with van der Waals surface area (Å²) in [5, 5.41) is 2.78. The van der Waals surface area contributed by atoms with Gasteiger partial charge in [0.15, 0.2) is 0 Å². The van der Waals surface area contributed by atoms with Crippen LogP contribution < -0.4 is 10.0 Å². The van der Waals surface area contributed by atoms with Gasteiger partial charge in [-0.2, -0.15) is 0 Å². The number of anilines is 1. The number of carbonyl (C=O) groups excluding carboxylic acids is 1. The van der Waals surface area contributed by atoms with Crippen molar-refractivity contribution in [3.63, 3.8) is 0 Å². The fraction of sp³-hybridized carbons (Fsp3) is 0.100. The number of aromatic nitrogens is 1. The normalized spacial score (nSPS) is 11.0. The summed E-state index contributed by atoms with van der Waals surface area (Å²) in [6, 6.07) is 16.6. The first-order chi connectivity index (χ1) is 12.9. The number of amides is 1. The highest BCUT2D eigenvalue weighted by Crippen LogP contribution is 2.17. The van der Waals surface area contributed by atoms with Crippen molar-refractivity contribution in [3.8, 4) is 0 Å². The molecule has 6 nitrogen and oxygen atoms in total. The van der Waals surface area contributed by atoms with Gasteiger partial charge in [0.25, 0.3) is 15.9 Å². The van der Waals surface area contributed by atoms with E-state index in [-0.39, 0.29) is 10.8 Å². The highest BCUT2D eigenvalue weighted by atomic mass is 32.2. The summed E-state index contributed by atoms with van der Waals surface area (Å²) in [6.07, 6.45) is 3.34. The van der Waals surface area contributed by atoms with Gasteiger partial charge in [-0.3, -0.25) is 14.5 Å². The Hall–Kier alpha value is -3.19. The van der Waals surface area contributed by atoms with Crippen molar-refractivity contribution < 1.29 is 13.2 Å². The lowest BCUT2D eigenvalue weighted by Crippen LogP contribution is -2.23. The van der Waals surface area contributed by atoms with E-state index in [0.29, 0.717) is 17.8 Å². The number of rotatable bonds is 6. The Bertz CT molecular complexity index is 1030. The maximum absolute atomic E-state index is 12.5. The van der Waals surface area contributed by atoms with Crippen LogP contribution in [0, 0.1) is 6.92 Å². The van der Waals surface area contributed by atoms with Gasteiger partial charge in [-0.1, -0.05) is 18.2 Å². The molecule has 3 aromatic rings. The molecule has 138 valence electrons. The average Bonchev–Trinajstić information content (AvgIpc) is 2.67. The van der Waals surface area contributed by atoms with Crippen LogP contribution in [0.4, 0.5) is 5.69 Å². The van der Waals surface area contributed by atoms with Crippen molar-refractivity contribution in [1.82, 2.24) is 10.3 Å². The van der Waals surface area contributed by atoms with Gasteiger partial charge in [0.05, 0.1) is 4.90 Å². The SMILES string of the molecule is Cc1cccc(NS(=O)(=O)c2ccc(C(=O)NCc3cccnc3)cc2)c1. The summed E-state index contributed by atoms with van der Waals surface area (Å²) in [6.45, 7) is 2.23. The number of pyridine rings is 1. The quantitative estimate of drug-likeness (QED) is 0.687. The largest absolute Gasteiger partial charge is 0.348 e. The zero-order chi connectivity index (χ0) is 19.3. The fourth-order valence-electron chi connectivity index (χ4n) is 2.50. The van der Waals surface area contributed by atoms with E-state index in [1.54, 1.807) is 36.7 Å². The molecule has 0 saturated heterocycles. The van der Waals surface area contributed by atoms with Gasteiger partial charge in [-0.05, 0) is 60.5 Å². The van der Waals surface area contributed by atoms with E-state index in [0.717, 1.165) is 11.1 Å². The summed E-state index contributed by atoms with van der Waals surface area (Å²) in [5.41, 5.74) is 2.71. The minimum atomic E-state index is -3.72. The molecule has 2 N–H and O–H groups in total. The third kappa shape index (κ3) is 4.92. The molecule has 0 aliphatic rings. The predicted octanol–water partition coefficient (Wildman–Crippen LogP) is 3.12. The lowest BCUT2D eigenvalue weighted by molar-refractivity contribution is 0.0951. The van der Waals surface area contributed by atoms with Gasteiger partial charge in [0.2, 0.25) is 0 Å². The fourth-order valence-corrected chi connectivity index (χ4v) is 3.54. The third-order valence-electron chi connectivity index (χ3n) is 3.87. The van der Waals surface area contributed by atoms with Gasteiger partial charge in [-0.25, -0.2) is 8.42 Å². The van der Waals surface area contributed by atoms with E-state index >= 15 is 0 Å². The van der Waals surface area contributed by atoms with E-state index in [9.17, 15) is 13.2 Å². The number of sulfonamides is 1. The number of hydrogen-bond donors (Lipinski definition) is 2. The van der Waals surface area contributed by atoms with Gasteiger partial charge in [-0.15, -0.1) is 0 Å². The van der Waals surface area contributed by atoms with Crippen molar-refractivity contribution in [1.29, 1.82) is 0 Å². The van der Waals surface area contributed by atoms with Crippen LogP contribution in [-0.4, -0.2) is 19.3 Å². The highest BCUT2D eigenvalue weighted by Gasteiger charge is 2.15. The second-order valence-electron chi connectivity index (χ2n) is 6.04. The molecule has 1 amide bonds. The summed E-state index contributed by atoms with van der Waals surface area (Å²) < 4.78 is 27.5. The van der Waals surface area contributed by atoms with Gasteiger partial charge in [0.1, 0.15) is 0 Å². The maximum atomic E-state index is 12.5. The topological polar surface area (TPSA) is 88.2 Å². The molecule has 0 aliphatic heterocycles. The van der Waals surface area contributed by atoms with Gasteiger partial charge < -0.3 is 5.32 Å². The standard InChI is InChI=1S/C20H19N3O3S/c1-15-4-2-6-18(12-15)23-27(25,26)19-9-7-17(8-10-19)20(24)22-14-16-5-3-11-21-13-16/h2-13,23H,14H2,1H3,(H,22,24). The average molecular weight is 381 g/mol. The lowest BCUT2D eigenvalue weighted by atomic mass is 10.2. The highest BCUT2D eigenvalue weighted by molar-refractivity contribution is 7.92. The zero-order valence-corrected chi connectivity index (χ0v) is 15.5. The molecule has 0 aliphatic carbocycles. The maximum Gasteiger partial charge on any atom is 0.261 e. The van der Waals surface area contributed by atoms with Crippen LogP contribution in [0.3, 0.4) is 0 Å². The molecule has 0 unspecified atom stereocenters. The number of aryl methyl sites for hydroxylation is 1. The van der Waals surface area contributed by atoms with Crippen LogP contribution in [0.5, 0.6) is 0 Å². The Morgan fingerprint density at radius 3 is 2.48 bits per heavy atom. The number of benzene rings is 2. The molecule has 1 heterocycles. The van der Waals surface area contributed by atoms with Crippen molar-refractivity contribution in [3.05, 3.63) is 89.7 Å². The van der Waals surface area contributed by atoms with Crippen LogP contribution in [0.25, 0.3) is 0 Å².